The molecule has 10 heteroatoms. The van der Waals surface area contributed by atoms with E-state index in [1.807, 2.05) is 19.1 Å². The molecular formula is C25H29ClINO7. The lowest BCUT2D eigenvalue weighted by Crippen LogP contribution is -2.14. The number of nitrogens with one attached hydrogen (secondary N) is 1. The Balaban J connectivity index is 1.53. The largest absolute Gasteiger partial charge is 0.493 e. The van der Waals surface area contributed by atoms with Crippen LogP contribution in [0.15, 0.2) is 45.6 Å². The third kappa shape index (κ3) is 8.33. The molecule has 8 nitrogen and oxygen atoms in total. The lowest BCUT2D eigenvalue weighted by Gasteiger charge is -2.11. The number of hydrogen-bond acceptors (Lipinski definition) is 8. The molecule has 0 fully saturated rings. The molecule has 0 aliphatic carbocycles. The maximum Gasteiger partial charge on any atom is 0.193 e. The molecule has 1 aromatic heterocycles. The first kappa shape index (κ1) is 27.7. The van der Waals surface area contributed by atoms with E-state index >= 15 is 0 Å². The lowest BCUT2D eigenvalue weighted by atomic mass is 10.1. The van der Waals surface area contributed by atoms with Crippen molar-refractivity contribution in [3.8, 4) is 17.1 Å². The summed E-state index contributed by atoms with van der Waals surface area (Å²) < 4.78 is 28.5. The first-order chi connectivity index (χ1) is 17.0. The Morgan fingerprint density at radius 1 is 1.00 bits per heavy atom. The van der Waals surface area contributed by atoms with Gasteiger partial charge in [0.1, 0.15) is 17.1 Å². The number of anilines is 1. The minimum absolute atomic E-state index is 0.0130. The van der Waals surface area contributed by atoms with E-state index in [0.29, 0.717) is 85.9 Å². The summed E-state index contributed by atoms with van der Waals surface area (Å²) in [6, 6.07) is 10.5. The molecule has 3 rings (SSSR count). The van der Waals surface area contributed by atoms with E-state index in [9.17, 15) is 4.79 Å². The Labute approximate surface area is 222 Å². The van der Waals surface area contributed by atoms with Gasteiger partial charge in [0.2, 0.25) is 0 Å². The highest BCUT2D eigenvalue weighted by atomic mass is 127. The van der Waals surface area contributed by atoms with E-state index in [-0.39, 0.29) is 12.0 Å². The Bertz CT molecular complexity index is 1150. The molecule has 35 heavy (non-hydrogen) atoms. The number of ether oxygens (including phenoxy) is 4. The summed E-state index contributed by atoms with van der Waals surface area (Å²) in [6.07, 6.45) is 0. The fourth-order valence-electron chi connectivity index (χ4n) is 3.25. The molecule has 0 amide bonds. The van der Waals surface area contributed by atoms with E-state index in [2.05, 4.69) is 27.9 Å². The summed E-state index contributed by atoms with van der Waals surface area (Å²) in [5, 5.41) is 12.8. The van der Waals surface area contributed by atoms with Gasteiger partial charge in [-0.25, -0.2) is 0 Å². The van der Waals surface area contributed by atoms with Crippen LogP contribution in [0.2, 0.25) is 5.02 Å². The molecule has 0 spiro atoms. The molecule has 0 saturated carbocycles. The number of aliphatic hydroxyl groups excluding tert-OH is 1. The molecule has 0 aliphatic rings. The normalized spacial score (nSPS) is 11.2. The Kier molecular flexibility index (Phi) is 11.6. The molecular weight excluding hydrogens is 589 g/mol. The summed E-state index contributed by atoms with van der Waals surface area (Å²) >= 11 is 8.66. The van der Waals surface area contributed by atoms with E-state index in [1.165, 1.54) is 6.07 Å². The van der Waals surface area contributed by atoms with E-state index in [1.54, 1.807) is 18.2 Å². The smallest absolute Gasteiger partial charge is 0.193 e. The molecule has 190 valence electrons. The third-order valence-corrected chi connectivity index (χ3v) is 6.03. The van der Waals surface area contributed by atoms with Crippen molar-refractivity contribution < 1.29 is 28.5 Å². The van der Waals surface area contributed by atoms with Gasteiger partial charge in [0, 0.05) is 29.9 Å². The minimum atomic E-state index is -0.140. The van der Waals surface area contributed by atoms with Crippen LogP contribution in [0.3, 0.4) is 0 Å². The Morgan fingerprint density at radius 3 is 2.40 bits per heavy atom. The highest BCUT2D eigenvalue weighted by molar-refractivity contribution is 14.1. The second-order valence-electron chi connectivity index (χ2n) is 7.37. The Hall–Kier alpha value is -1.89. The predicted molar refractivity (Wildman–Crippen MR) is 145 cm³/mol. The molecule has 0 bridgehead atoms. The van der Waals surface area contributed by atoms with Crippen molar-refractivity contribution in [1.29, 1.82) is 0 Å². The summed E-state index contributed by atoms with van der Waals surface area (Å²) in [5.41, 5.74) is 1.77. The standard InChI is InChI=1S/C25H29ClINO7/c1-2-34-25-16-24-19(14-21(25)27)22(30)15-23(35-24)18-4-3-17(13-20(18)26)28-5-7-31-9-11-33-12-10-32-8-6-29/h3-4,13-16,28-29H,2,5-12H2,1H3. The highest BCUT2D eigenvalue weighted by Gasteiger charge is 2.13. The van der Waals surface area contributed by atoms with Crippen LogP contribution in [-0.2, 0) is 14.2 Å². The van der Waals surface area contributed by atoms with Gasteiger partial charge in [-0.2, -0.15) is 0 Å². The quantitative estimate of drug-likeness (QED) is 0.189. The molecule has 2 aromatic carbocycles. The zero-order valence-electron chi connectivity index (χ0n) is 19.5. The number of hydrogen-bond donors (Lipinski definition) is 2. The van der Waals surface area contributed by atoms with Gasteiger partial charge in [0.15, 0.2) is 5.43 Å². The van der Waals surface area contributed by atoms with Crippen LogP contribution < -0.4 is 15.5 Å². The molecule has 2 N–H and O–H groups in total. The molecule has 0 unspecified atom stereocenters. The van der Waals surface area contributed by atoms with Crippen LogP contribution in [0.4, 0.5) is 5.69 Å². The molecule has 0 radical (unpaired) electrons. The minimum Gasteiger partial charge on any atom is -0.493 e. The van der Waals surface area contributed by atoms with Gasteiger partial charge in [-0.05, 0) is 53.8 Å². The van der Waals surface area contributed by atoms with E-state index in [0.717, 1.165) is 9.26 Å². The zero-order valence-corrected chi connectivity index (χ0v) is 22.4. The van der Waals surface area contributed by atoms with Crippen molar-refractivity contribution in [3.05, 3.63) is 55.2 Å². The van der Waals surface area contributed by atoms with Crippen LogP contribution in [0.1, 0.15) is 6.92 Å². The van der Waals surface area contributed by atoms with Crippen molar-refractivity contribution in [1.82, 2.24) is 0 Å². The number of rotatable bonds is 15. The van der Waals surface area contributed by atoms with E-state index < -0.39 is 0 Å². The highest BCUT2D eigenvalue weighted by Crippen LogP contribution is 2.33. The van der Waals surface area contributed by atoms with Gasteiger partial charge in [-0.1, -0.05) is 11.6 Å². The fraction of sp³-hybridized carbons (Fsp3) is 0.400. The van der Waals surface area contributed by atoms with Crippen LogP contribution in [0.25, 0.3) is 22.3 Å². The number of benzene rings is 2. The van der Waals surface area contributed by atoms with Crippen molar-refractivity contribution >= 4 is 50.8 Å². The maximum absolute atomic E-state index is 12.7. The molecule has 0 atom stereocenters. The number of fused-ring (bicyclic) bond motifs is 1. The SMILES string of the molecule is CCOc1cc2oc(-c3ccc(NCCOCCOCCOCCO)cc3Cl)cc(=O)c2cc1I. The molecule has 1 heterocycles. The van der Waals surface area contributed by atoms with Crippen LogP contribution in [-0.4, -0.2) is 64.5 Å². The van der Waals surface area contributed by atoms with Gasteiger partial charge in [0.25, 0.3) is 0 Å². The summed E-state index contributed by atoms with van der Waals surface area (Å²) in [6.45, 7) is 5.74. The van der Waals surface area contributed by atoms with Gasteiger partial charge in [0.05, 0.1) is 66.8 Å². The predicted octanol–water partition coefficient (Wildman–Crippen LogP) is 4.57. The van der Waals surface area contributed by atoms with Gasteiger partial charge >= 0.3 is 0 Å². The Morgan fingerprint density at radius 2 is 1.71 bits per heavy atom. The van der Waals surface area contributed by atoms with Gasteiger partial charge in [-0.3, -0.25) is 4.79 Å². The first-order valence-electron chi connectivity index (χ1n) is 11.3. The second kappa shape index (κ2) is 14.6. The van der Waals surface area contributed by atoms with E-state index in [4.69, 9.17) is 40.1 Å². The fourth-order valence-corrected chi connectivity index (χ4v) is 4.15. The average Bonchev–Trinajstić information content (AvgIpc) is 2.84. The van der Waals surface area contributed by atoms with Crippen LogP contribution in [0.5, 0.6) is 5.75 Å². The molecule has 0 aliphatic heterocycles. The zero-order chi connectivity index (χ0) is 25.0. The van der Waals surface area contributed by atoms with Crippen molar-refractivity contribution in [2.45, 2.75) is 6.92 Å². The average molecular weight is 618 g/mol. The van der Waals surface area contributed by atoms with Gasteiger partial charge < -0.3 is 33.8 Å². The van der Waals surface area contributed by atoms with Crippen LogP contribution >= 0.6 is 34.2 Å². The number of aliphatic hydroxyl groups is 1. The van der Waals surface area contributed by atoms with Crippen molar-refractivity contribution in [2.24, 2.45) is 0 Å². The topological polar surface area (TPSA) is 99.4 Å². The third-order valence-electron chi connectivity index (χ3n) is 4.87. The first-order valence-corrected chi connectivity index (χ1v) is 12.8. The maximum atomic E-state index is 12.7. The van der Waals surface area contributed by atoms with Gasteiger partial charge in [-0.15, -0.1) is 0 Å². The second-order valence-corrected chi connectivity index (χ2v) is 8.94. The monoisotopic (exact) mass is 617 g/mol. The van der Waals surface area contributed by atoms with Crippen molar-refractivity contribution in [2.75, 3.05) is 64.7 Å². The number of halogens is 2. The summed E-state index contributed by atoms with van der Waals surface area (Å²) in [7, 11) is 0. The van der Waals surface area contributed by atoms with Crippen LogP contribution in [0, 0.1) is 3.57 Å². The molecule has 3 aromatic rings. The summed E-state index contributed by atoms with van der Waals surface area (Å²) in [4.78, 5) is 12.7. The lowest BCUT2D eigenvalue weighted by molar-refractivity contribution is 0.00920. The van der Waals surface area contributed by atoms with Crippen molar-refractivity contribution in [3.63, 3.8) is 0 Å². The molecule has 0 saturated heterocycles. The summed E-state index contributed by atoms with van der Waals surface area (Å²) in [5.74, 6) is 1.07.